The van der Waals surface area contributed by atoms with Gasteiger partial charge in [-0.25, -0.2) is 14.2 Å². The first-order valence-electron chi connectivity index (χ1n) is 9.40. The van der Waals surface area contributed by atoms with Crippen molar-refractivity contribution in [2.75, 3.05) is 25.5 Å². The average molecular weight is 413 g/mol. The van der Waals surface area contributed by atoms with Crippen LogP contribution in [0, 0.1) is 17.1 Å². The zero-order valence-electron chi connectivity index (χ0n) is 16.3. The van der Waals surface area contributed by atoms with Gasteiger partial charge < -0.3 is 16.0 Å². The molecule has 1 aromatic heterocycles. The first-order valence-corrected chi connectivity index (χ1v) is 9.40. The first-order chi connectivity index (χ1) is 14.4. The molecule has 10 nitrogen and oxygen atoms in total. The number of nitrogens with zero attached hydrogens (tertiary/aromatic N) is 5. The highest BCUT2D eigenvalue weighted by Gasteiger charge is 2.35. The smallest absolute Gasteiger partial charge is 0.322 e. The van der Waals surface area contributed by atoms with Gasteiger partial charge in [-0.15, -0.1) is 0 Å². The fraction of sp³-hybridized carbons (Fsp3) is 0.368. The molecule has 3 heterocycles. The molecule has 0 spiro atoms. The summed E-state index contributed by atoms with van der Waals surface area (Å²) in [6.07, 6.45) is 0.106. The van der Waals surface area contributed by atoms with Gasteiger partial charge in [0.15, 0.2) is 0 Å². The van der Waals surface area contributed by atoms with Crippen molar-refractivity contribution >= 4 is 17.6 Å². The van der Waals surface area contributed by atoms with Crippen LogP contribution in [0.25, 0.3) is 0 Å². The molecule has 2 aliphatic rings. The molecule has 0 saturated carbocycles. The number of urea groups is 1. The van der Waals surface area contributed by atoms with E-state index in [9.17, 15) is 14.0 Å². The molecule has 4 rings (SSSR count). The van der Waals surface area contributed by atoms with Gasteiger partial charge in [0.25, 0.3) is 5.91 Å². The number of amides is 3. The number of nitrogens with two attached hydrogens (primary N) is 1. The molecular formula is C19H20FN7O3. The summed E-state index contributed by atoms with van der Waals surface area (Å²) >= 11 is 0. The molecule has 2 aromatic rings. The summed E-state index contributed by atoms with van der Waals surface area (Å²) < 4.78 is 15.1. The Morgan fingerprint density at radius 2 is 2.30 bits per heavy atom. The Hall–Kier alpha value is -3.49. The van der Waals surface area contributed by atoms with Crippen LogP contribution in [-0.4, -0.2) is 57.9 Å². The summed E-state index contributed by atoms with van der Waals surface area (Å²) in [4.78, 5) is 32.6. The van der Waals surface area contributed by atoms with Gasteiger partial charge in [-0.2, -0.15) is 10.4 Å². The maximum atomic E-state index is 13.5. The Labute approximate surface area is 171 Å². The van der Waals surface area contributed by atoms with Gasteiger partial charge in [0.05, 0.1) is 24.3 Å². The van der Waals surface area contributed by atoms with Crippen LogP contribution in [0.1, 0.15) is 27.3 Å². The fourth-order valence-corrected chi connectivity index (χ4v) is 3.63. The van der Waals surface area contributed by atoms with Crippen molar-refractivity contribution in [3.63, 3.8) is 0 Å². The highest BCUT2D eigenvalue weighted by molar-refractivity contribution is 5.94. The number of anilines is 1. The van der Waals surface area contributed by atoms with E-state index in [2.05, 4.69) is 10.4 Å². The third-order valence-electron chi connectivity index (χ3n) is 5.16. The number of nitrogens with one attached hydrogen (secondary N) is 1. The number of carbonyl (C=O) groups excluding carboxylic acids is 2. The van der Waals surface area contributed by atoms with E-state index in [4.69, 9.17) is 15.8 Å². The number of halogens is 1. The summed E-state index contributed by atoms with van der Waals surface area (Å²) in [7, 11) is 1.52. The highest BCUT2D eigenvalue weighted by Crippen LogP contribution is 2.26. The number of nitriles is 1. The van der Waals surface area contributed by atoms with Gasteiger partial charge in [0.2, 0.25) is 0 Å². The Kier molecular flexibility index (Phi) is 5.11. The Balaban J connectivity index is 1.57. The van der Waals surface area contributed by atoms with Crippen molar-refractivity contribution in [1.82, 2.24) is 19.7 Å². The van der Waals surface area contributed by atoms with E-state index in [1.807, 2.05) is 0 Å². The third kappa shape index (κ3) is 3.47. The standard InChI is InChI=1S/C19H20FN7O3/c1-25-18(28)17-14-10-26(5-4-16(14)24-27(17)9-13(8-22)30-25)19(29)23-12-2-3-15(20)11(6-12)7-21/h2-3,6,13H,4-5,8-10,22H2,1H3,(H,23,29). The van der Waals surface area contributed by atoms with Crippen LogP contribution < -0.4 is 11.1 Å². The zero-order valence-corrected chi connectivity index (χ0v) is 16.3. The van der Waals surface area contributed by atoms with Gasteiger partial charge in [-0.1, -0.05) is 0 Å². The lowest BCUT2D eigenvalue weighted by atomic mass is 10.1. The summed E-state index contributed by atoms with van der Waals surface area (Å²) in [6, 6.07) is 5.12. The first kappa shape index (κ1) is 19.8. The lowest BCUT2D eigenvalue weighted by Crippen LogP contribution is -2.39. The maximum Gasteiger partial charge on any atom is 0.322 e. The third-order valence-corrected chi connectivity index (χ3v) is 5.16. The van der Waals surface area contributed by atoms with Crippen LogP contribution in [0.5, 0.6) is 0 Å². The monoisotopic (exact) mass is 413 g/mol. The van der Waals surface area contributed by atoms with Crippen LogP contribution in [-0.2, 0) is 24.3 Å². The minimum absolute atomic E-state index is 0.154. The van der Waals surface area contributed by atoms with E-state index in [1.54, 1.807) is 15.7 Å². The Morgan fingerprint density at radius 3 is 3.03 bits per heavy atom. The predicted octanol–water partition coefficient (Wildman–Crippen LogP) is 0.829. The molecule has 3 N–H and O–H groups in total. The molecule has 1 atom stereocenters. The van der Waals surface area contributed by atoms with Crippen molar-refractivity contribution in [1.29, 1.82) is 5.26 Å². The second-order valence-electron chi connectivity index (χ2n) is 7.13. The van der Waals surface area contributed by atoms with Crippen LogP contribution in [0.4, 0.5) is 14.9 Å². The highest BCUT2D eigenvalue weighted by atomic mass is 19.1. The van der Waals surface area contributed by atoms with Crippen LogP contribution in [0.3, 0.4) is 0 Å². The number of aromatic nitrogens is 2. The molecule has 11 heteroatoms. The van der Waals surface area contributed by atoms with Gasteiger partial charge >= 0.3 is 6.03 Å². The molecule has 1 aromatic carbocycles. The molecule has 0 fully saturated rings. The number of rotatable bonds is 2. The summed E-state index contributed by atoms with van der Waals surface area (Å²) in [5.74, 6) is -1.000. The van der Waals surface area contributed by atoms with Crippen LogP contribution in [0.15, 0.2) is 18.2 Å². The van der Waals surface area contributed by atoms with E-state index < -0.39 is 11.8 Å². The molecule has 1 unspecified atom stereocenters. The molecule has 156 valence electrons. The molecule has 0 bridgehead atoms. The number of fused-ring (bicyclic) bond motifs is 3. The van der Waals surface area contributed by atoms with Crippen molar-refractivity contribution in [3.05, 3.63) is 46.5 Å². The SMILES string of the molecule is CN1OC(CN)Cn2nc3c(c2C1=O)CN(C(=O)Nc1ccc(F)c(C#N)c1)CC3. The number of carbonyl (C=O) groups is 2. The van der Waals surface area contributed by atoms with Gasteiger partial charge in [0.1, 0.15) is 23.7 Å². The van der Waals surface area contributed by atoms with E-state index in [-0.39, 0.29) is 30.7 Å². The Morgan fingerprint density at radius 1 is 1.50 bits per heavy atom. The number of hydroxylamine groups is 2. The quantitative estimate of drug-likeness (QED) is 0.750. The van der Waals surface area contributed by atoms with Crippen LogP contribution >= 0.6 is 0 Å². The normalized spacial score (nSPS) is 18.3. The predicted molar refractivity (Wildman–Crippen MR) is 102 cm³/mol. The second kappa shape index (κ2) is 7.74. The number of hydrogen-bond donors (Lipinski definition) is 2. The minimum Gasteiger partial charge on any atom is -0.328 e. The fourth-order valence-electron chi connectivity index (χ4n) is 3.63. The van der Waals surface area contributed by atoms with E-state index in [1.165, 1.54) is 19.2 Å². The maximum absolute atomic E-state index is 13.5. The van der Waals surface area contributed by atoms with E-state index >= 15 is 0 Å². The van der Waals surface area contributed by atoms with Gasteiger partial charge in [0, 0.05) is 37.8 Å². The summed E-state index contributed by atoms with van der Waals surface area (Å²) in [6.45, 7) is 1.17. The molecule has 2 aliphatic heterocycles. The van der Waals surface area contributed by atoms with Crippen molar-refractivity contribution in [2.45, 2.75) is 25.6 Å². The largest absolute Gasteiger partial charge is 0.328 e. The van der Waals surface area contributed by atoms with E-state index in [0.717, 1.165) is 16.8 Å². The van der Waals surface area contributed by atoms with Crippen molar-refractivity contribution < 1.29 is 18.8 Å². The minimum atomic E-state index is -0.652. The molecule has 0 saturated heterocycles. The van der Waals surface area contributed by atoms with Gasteiger partial charge in [-0.05, 0) is 18.2 Å². The molecule has 30 heavy (non-hydrogen) atoms. The lowest BCUT2D eigenvalue weighted by Gasteiger charge is -2.27. The molecule has 0 aliphatic carbocycles. The van der Waals surface area contributed by atoms with Crippen molar-refractivity contribution in [2.24, 2.45) is 5.73 Å². The van der Waals surface area contributed by atoms with E-state index in [0.29, 0.717) is 36.5 Å². The zero-order chi connectivity index (χ0) is 21.4. The summed E-state index contributed by atoms with van der Waals surface area (Å²) in [5, 5.41) is 17.3. The molecule has 0 radical (unpaired) electrons. The van der Waals surface area contributed by atoms with Crippen LogP contribution in [0.2, 0.25) is 0 Å². The molecular weight excluding hydrogens is 393 g/mol. The molecule has 3 amide bonds. The Bertz CT molecular complexity index is 1060. The van der Waals surface area contributed by atoms with Crippen molar-refractivity contribution in [3.8, 4) is 6.07 Å². The number of benzene rings is 1. The summed E-state index contributed by atoms with van der Waals surface area (Å²) in [5.41, 5.74) is 7.70. The topological polar surface area (TPSA) is 130 Å². The number of hydrogen-bond acceptors (Lipinski definition) is 6. The second-order valence-corrected chi connectivity index (χ2v) is 7.13. The van der Waals surface area contributed by atoms with Gasteiger partial charge in [-0.3, -0.25) is 14.3 Å². The lowest BCUT2D eigenvalue weighted by molar-refractivity contribution is -0.144. The average Bonchev–Trinajstić information content (AvgIpc) is 3.04.